The molecule has 14 heteroatoms. The summed E-state index contributed by atoms with van der Waals surface area (Å²) in [5.74, 6) is -4.46. The van der Waals surface area contributed by atoms with Crippen molar-refractivity contribution in [1.82, 2.24) is 20.0 Å². The molecule has 2 aromatic heterocycles. The maximum atomic E-state index is 13.6. The first-order valence-electron chi connectivity index (χ1n) is 9.65. The Morgan fingerprint density at radius 2 is 1.88 bits per heavy atom. The highest BCUT2D eigenvalue weighted by molar-refractivity contribution is 7.99. The Morgan fingerprint density at radius 3 is 2.50 bits per heavy atom. The first-order chi connectivity index (χ1) is 16.2. The van der Waals surface area contributed by atoms with E-state index in [1.807, 2.05) is 6.07 Å². The number of hydrogen-bond donors (Lipinski definition) is 3. The molecule has 5 atom stereocenters. The summed E-state index contributed by atoms with van der Waals surface area (Å²) in [7, 11) is 0. The van der Waals surface area contributed by atoms with Gasteiger partial charge in [0.15, 0.2) is 23.1 Å². The number of hydrogen-bond acceptors (Lipinski definition) is 9. The van der Waals surface area contributed by atoms with Crippen LogP contribution in [0.4, 0.5) is 13.2 Å². The Kier molecular flexibility index (Phi) is 7.08. The molecule has 1 aliphatic rings. The summed E-state index contributed by atoms with van der Waals surface area (Å²) < 4.78 is 47.2. The first-order valence-corrected chi connectivity index (χ1v) is 10.9. The van der Waals surface area contributed by atoms with E-state index in [4.69, 9.17) is 21.6 Å². The van der Waals surface area contributed by atoms with Crippen molar-refractivity contribution in [2.45, 2.75) is 34.7 Å². The van der Waals surface area contributed by atoms with E-state index in [-0.39, 0.29) is 22.0 Å². The molecule has 1 fully saturated rings. The highest BCUT2D eigenvalue weighted by Crippen LogP contribution is 2.38. The van der Waals surface area contributed by atoms with Gasteiger partial charge in [-0.1, -0.05) is 28.6 Å². The van der Waals surface area contributed by atoms with Crippen molar-refractivity contribution < 1.29 is 33.2 Å². The van der Waals surface area contributed by atoms with Crippen molar-refractivity contribution in [3.8, 4) is 17.3 Å². The lowest BCUT2D eigenvalue weighted by atomic mass is 9.97. The molecule has 34 heavy (non-hydrogen) atoms. The largest absolute Gasteiger partial charge is 0.394 e. The molecular weight excluding hydrogens is 499 g/mol. The second-order valence-electron chi connectivity index (χ2n) is 7.27. The van der Waals surface area contributed by atoms with Gasteiger partial charge < -0.3 is 20.1 Å². The van der Waals surface area contributed by atoms with Crippen LogP contribution < -0.4 is 0 Å². The number of nitriles is 1. The zero-order chi connectivity index (χ0) is 24.6. The molecule has 178 valence electrons. The molecule has 2 unspecified atom stereocenters. The highest BCUT2D eigenvalue weighted by Gasteiger charge is 2.46. The number of halogens is 4. The molecule has 3 heterocycles. The van der Waals surface area contributed by atoms with Gasteiger partial charge in [0.25, 0.3) is 0 Å². The molecule has 0 aliphatic carbocycles. The monoisotopic (exact) mass is 513 g/mol. The fraction of sp³-hybridized carbons (Fsp3) is 0.300. The van der Waals surface area contributed by atoms with Gasteiger partial charge in [0.05, 0.1) is 17.8 Å². The summed E-state index contributed by atoms with van der Waals surface area (Å²) in [5, 5.41) is 48.0. The summed E-state index contributed by atoms with van der Waals surface area (Å²) >= 11 is 6.98. The molecule has 0 radical (unpaired) electrons. The van der Waals surface area contributed by atoms with E-state index in [9.17, 15) is 28.5 Å². The van der Waals surface area contributed by atoms with Crippen LogP contribution in [0.1, 0.15) is 11.7 Å². The van der Waals surface area contributed by atoms with Crippen LogP contribution in [0.15, 0.2) is 35.5 Å². The second kappa shape index (κ2) is 9.87. The fourth-order valence-electron chi connectivity index (χ4n) is 3.44. The lowest BCUT2D eigenvalue weighted by Crippen LogP contribution is -2.55. The number of aromatic nitrogens is 4. The van der Waals surface area contributed by atoms with Gasteiger partial charge in [-0.3, -0.25) is 0 Å². The normalized spacial score (nSPS) is 24.7. The van der Waals surface area contributed by atoms with Crippen LogP contribution in [-0.2, 0) is 4.74 Å². The standard InChI is InChI=1S/C20H15ClF3N5O4S/c21-10-3-9(5-26-13(10)4-25)34-20-19(32)17(18(31)15(7-30)33-20)29-6-14(27-28-29)8-1-11(22)16(24)12(23)2-8/h1-3,5-6,15,17-20,30-32H,7H2/t15?,17-,18-,19?,20+/m0/s1. The lowest BCUT2D eigenvalue weighted by molar-refractivity contribution is -0.178. The minimum absolute atomic E-state index is 0.0153. The summed E-state index contributed by atoms with van der Waals surface area (Å²) in [6.07, 6.45) is -1.40. The Labute approximate surface area is 199 Å². The molecule has 3 N–H and O–H groups in total. The summed E-state index contributed by atoms with van der Waals surface area (Å²) in [5.41, 5.74) is -1.18. The Hall–Kier alpha value is -2.73. The van der Waals surface area contributed by atoms with E-state index in [0.29, 0.717) is 4.90 Å². The molecule has 0 saturated carbocycles. The van der Waals surface area contributed by atoms with E-state index >= 15 is 0 Å². The zero-order valence-electron chi connectivity index (χ0n) is 16.9. The van der Waals surface area contributed by atoms with E-state index in [1.165, 1.54) is 18.5 Å². The molecule has 1 aromatic carbocycles. The van der Waals surface area contributed by atoms with Crippen LogP contribution >= 0.6 is 23.4 Å². The highest BCUT2D eigenvalue weighted by atomic mass is 35.5. The Balaban J connectivity index is 1.63. The van der Waals surface area contributed by atoms with Crippen LogP contribution in [0, 0.1) is 28.8 Å². The molecule has 0 spiro atoms. The van der Waals surface area contributed by atoms with Gasteiger partial charge >= 0.3 is 0 Å². The second-order valence-corrected chi connectivity index (χ2v) is 8.84. The third-order valence-electron chi connectivity index (χ3n) is 5.12. The number of nitrogens with zero attached hydrogens (tertiary/aromatic N) is 5. The van der Waals surface area contributed by atoms with Crippen molar-refractivity contribution in [3.63, 3.8) is 0 Å². The quantitative estimate of drug-likeness (QED) is 0.438. The number of pyridine rings is 1. The van der Waals surface area contributed by atoms with Gasteiger partial charge in [-0.05, 0) is 18.2 Å². The minimum atomic E-state index is -1.63. The molecule has 1 saturated heterocycles. The number of aliphatic hydroxyl groups excluding tert-OH is 3. The van der Waals surface area contributed by atoms with Crippen LogP contribution in [0.5, 0.6) is 0 Å². The average molecular weight is 514 g/mol. The van der Waals surface area contributed by atoms with E-state index in [2.05, 4.69) is 15.3 Å². The predicted octanol–water partition coefficient (Wildman–Crippen LogP) is 2.05. The summed E-state index contributed by atoms with van der Waals surface area (Å²) in [6, 6.07) is 3.57. The minimum Gasteiger partial charge on any atom is -0.394 e. The van der Waals surface area contributed by atoms with Crippen LogP contribution in [-0.4, -0.2) is 65.7 Å². The summed E-state index contributed by atoms with van der Waals surface area (Å²) in [4.78, 5) is 4.35. The summed E-state index contributed by atoms with van der Waals surface area (Å²) in [6.45, 7) is -0.593. The smallest absolute Gasteiger partial charge is 0.194 e. The molecule has 0 amide bonds. The van der Waals surface area contributed by atoms with Crippen molar-refractivity contribution >= 4 is 23.4 Å². The van der Waals surface area contributed by atoms with Crippen LogP contribution in [0.2, 0.25) is 5.02 Å². The SMILES string of the molecule is N#Cc1ncc(S[C@H]2OC(CO)[C@H](O)[C@H](n3cc(-c4cc(F)c(F)c(F)c4)nn3)C2O)cc1Cl. The van der Waals surface area contributed by atoms with Crippen molar-refractivity contribution in [2.75, 3.05) is 6.61 Å². The molecule has 4 rings (SSSR count). The Morgan fingerprint density at radius 1 is 1.18 bits per heavy atom. The zero-order valence-corrected chi connectivity index (χ0v) is 18.5. The maximum absolute atomic E-state index is 13.6. The topological polar surface area (TPSA) is 137 Å². The lowest BCUT2D eigenvalue weighted by Gasteiger charge is -2.41. The molecule has 0 bridgehead atoms. The third kappa shape index (κ3) is 4.61. The van der Waals surface area contributed by atoms with Crippen molar-refractivity contribution in [2.24, 2.45) is 0 Å². The molecule has 1 aliphatic heterocycles. The van der Waals surface area contributed by atoms with Gasteiger partial charge in [-0.2, -0.15) is 5.26 Å². The predicted molar refractivity (Wildman–Crippen MR) is 112 cm³/mol. The number of rotatable bonds is 5. The van der Waals surface area contributed by atoms with E-state index in [0.717, 1.165) is 28.6 Å². The van der Waals surface area contributed by atoms with E-state index < -0.39 is 53.8 Å². The fourth-order valence-corrected chi connectivity index (χ4v) is 4.78. The number of thioether (sulfide) groups is 1. The Bertz CT molecular complexity index is 1240. The molecular formula is C20H15ClF3N5O4S. The molecule has 9 nitrogen and oxygen atoms in total. The van der Waals surface area contributed by atoms with E-state index in [1.54, 1.807) is 0 Å². The number of aliphatic hydroxyl groups is 3. The molecule has 3 aromatic rings. The average Bonchev–Trinajstić information content (AvgIpc) is 3.29. The first kappa shape index (κ1) is 24.4. The van der Waals surface area contributed by atoms with Crippen LogP contribution in [0.25, 0.3) is 11.3 Å². The van der Waals surface area contributed by atoms with Crippen molar-refractivity contribution in [3.05, 3.63) is 58.8 Å². The van der Waals surface area contributed by atoms with Gasteiger partial charge in [-0.15, -0.1) is 5.10 Å². The maximum Gasteiger partial charge on any atom is 0.194 e. The van der Waals surface area contributed by atoms with Crippen LogP contribution in [0.3, 0.4) is 0 Å². The van der Waals surface area contributed by atoms with Gasteiger partial charge in [0, 0.05) is 16.7 Å². The third-order valence-corrected chi connectivity index (χ3v) is 6.52. The van der Waals surface area contributed by atoms with Crippen molar-refractivity contribution in [1.29, 1.82) is 5.26 Å². The van der Waals surface area contributed by atoms with Gasteiger partial charge in [0.2, 0.25) is 0 Å². The van der Waals surface area contributed by atoms with Gasteiger partial charge in [-0.25, -0.2) is 22.8 Å². The van der Waals surface area contributed by atoms with Gasteiger partial charge in [0.1, 0.15) is 41.6 Å². The number of benzene rings is 1. The number of ether oxygens (including phenoxy) is 1.